The van der Waals surface area contributed by atoms with Crippen LogP contribution in [0.2, 0.25) is 15.1 Å². The van der Waals surface area contributed by atoms with E-state index in [4.69, 9.17) is 34.8 Å². The predicted octanol–water partition coefficient (Wildman–Crippen LogP) is 6.07. The number of anilines is 1. The van der Waals surface area contributed by atoms with Crippen molar-refractivity contribution in [2.24, 2.45) is 0 Å². The van der Waals surface area contributed by atoms with Crippen LogP contribution >= 0.6 is 46.1 Å². The number of hydrogen-bond donors (Lipinski definition) is 1. The van der Waals surface area contributed by atoms with E-state index in [1.54, 1.807) is 40.9 Å². The molecule has 0 aliphatic heterocycles. The van der Waals surface area contributed by atoms with Gasteiger partial charge in [0.05, 0.1) is 10.7 Å². The third-order valence-corrected chi connectivity index (χ3v) is 5.45. The second-order valence-electron chi connectivity index (χ2n) is 5.75. The SMILES string of the molecule is O=C(/C=C/c1ccc(Cl)cc1)Nc1nc2scc(-c3cc(Cl)ccc3Cl)n2n1. The van der Waals surface area contributed by atoms with Crippen LogP contribution in [-0.2, 0) is 4.79 Å². The Kier molecular flexibility index (Phi) is 5.37. The fourth-order valence-electron chi connectivity index (χ4n) is 2.51. The quantitative estimate of drug-likeness (QED) is 0.385. The standard InChI is InChI=1S/C19H11Cl3N4OS/c20-12-4-1-11(2-5-12)3-8-17(27)23-18-24-19-26(25-18)16(10-28-19)14-9-13(21)6-7-15(14)22/h1-10H,(H,23,25,27)/b8-3+. The number of aromatic nitrogens is 3. The third-order valence-electron chi connectivity index (χ3n) is 3.82. The van der Waals surface area contributed by atoms with Crippen LogP contribution in [0, 0.1) is 0 Å². The Labute approximate surface area is 179 Å². The largest absolute Gasteiger partial charge is 0.290 e. The van der Waals surface area contributed by atoms with Gasteiger partial charge in [-0.3, -0.25) is 10.1 Å². The van der Waals surface area contributed by atoms with Crippen LogP contribution in [0.1, 0.15) is 5.56 Å². The van der Waals surface area contributed by atoms with Crippen LogP contribution in [0.15, 0.2) is 53.9 Å². The maximum absolute atomic E-state index is 12.2. The molecule has 28 heavy (non-hydrogen) atoms. The molecule has 0 unspecified atom stereocenters. The minimum absolute atomic E-state index is 0.206. The smallest absolute Gasteiger partial charge is 0.250 e. The van der Waals surface area contributed by atoms with Crippen LogP contribution in [0.3, 0.4) is 0 Å². The van der Waals surface area contributed by atoms with Gasteiger partial charge in [0.25, 0.3) is 11.9 Å². The number of carbonyl (C=O) groups is 1. The van der Waals surface area contributed by atoms with Crippen LogP contribution < -0.4 is 5.32 Å². The van der Waals surface area contributed by atoms with Gasteiger partial charge in [-0.15, -0.1) is 16.4 Å². The lowest BCUT2D eigenvalue weighted by Gasteiger charge is -2.02. The van der Waals surface area contributed by atoms with Gasteiger partial charge in [0.15, 0.2) is 0 Å². The first-order chi connectivity index (χ1) is 13.5. The van der Waals surface area contributed by atoms with Crippen molar-refractivity contribution in [1.82, 2.24) is 14.6 Å². The number of thiazole rings is 1. The first-order valence-corrected chi connectivity index (χ1v) is 10.1. The van der Waals surface area contributed by atoms with Gasteiger partial charge in [-0.2, -0.15) is 4.98 Å². The molecular formula is C19H11Cl3N4OS. The Bertz CT molecular complexity index is 1200. The topological polar surface area (TPSA) is 59.3 Å². The summed E-state index contributed by atoms with van der Waals surface area (Å²) in [6.07, 6.45) is 3.09. The number of halogens is 3. The third kappa shape index (κ3) is 4.05. The Hall–Kier alpha value is -2.38. The monoisotopic (exact) mass is 448 g/mol. The summed E-state index contributed by atoms with van der Waals surface area (Å²) in [6.45, 7) is 0. The van der Waals surface area contributed by atoms with Crippen molar-refractivity contribution in [2.75, 3.05) is 5.32 Å². The number of nitrogens with zero attached hydrogens (tertiary/aromatic N) is 3. The van der Waals surface area contributed by atoms with Crippen molar-refractivity contribution in [1.29, 1.82) is 0 Å². The van der Waals surface area contributed by atoms with Crippen molar-refractivity contribution >= 4 is 69.0 Å². The average Bonchev–Trinajstić information content (AvgIpc) is 3.23. The lowest BCUT2D eigenvalue weighted by Crippen LogP contribution is -2.09. The molecule has 0 spiro atoms. The molecule has 2 aromatic heterocycles. The molecule has 4 aromatic rings. The van der Waals surface area contributed by atoms with Gasteiger partial charge in [0, 0.05) is 27.1 Å². The van der Waals surface area contributed by atoms with E-state index in [0.29, 0.717) is 20.0 Å². The molecule has 0 atom stereocenters. The van der Waals surface area contributed by atoms with Gasteiger partial charge >= 0.3 is 0 Å². The van der Waals surface area contributed by atoms with E-state index in [1.807, 2.05) is 17.5 Å². The number of amides is 1. The van der Waals surface area contributed by atoms with Crippen molar-refractivity contribution in [3.8, 4) is 11.3 Å². The lowest BCUT2D eigenvalue weighted by molar-refractivity contribution is -0.111. The molecule has 1 amide bonds. The number of nitrogens with one attached hydrogen (secondary N) is 1. The summed E-state index contributed by atoms with van der Waals surface area (Å²) in [6, 6.07) is 12.4. The summed E-state index contributed by atoms with van der Waals surface area (Å²) in [5, 5.41) is 10.7. The highest BCUT2D eigenvalue weighted by atomic mass is 35.5. The van der Waals surface area contributed by atoms with Crippen LogP contribution in [0.5, 0.6) is 0 Å². The number of hydrogen-bond acceptors (Lipinski definition) is 4. The summed E-state index contributed by atoms with van der Waals surface area (Å²) in [4.78, 5) is 17.1. The maximum Gasteiger partial charge on any atom is 0.250 e. The highest BCUT2D eigenvalue weighted by Gasteiger charge is 2.15. The lowest BCUT2D eigenvalue weighted by atomic mass is 10.2. The van der Waals surface area contributed by atoms with Crippen LogP contribution in [0.4, 0.5) is 5.95 Å². The van der Waals surface area contributed by atoms with E-state index in [0.717, 1.165) is 16.8 Å². The summed E-state index contributed by atoms with van der Waals surface area (Å²) in [5.41, 5.74) is 2.35. The zero-order valence-electron chi connectivity index (χ0n) is 14.1. The maximum atomic E-state index is 12.2. The van der Waals surface area contributed by atoms with Gasteiger partial charge in [0.2, 0.25) is 4.96 Å². The first kappa shape index (κ1) is 19.0. The Morgan fingerprint density at radius 3 is 2.61 bits per heavy atom. The highest BCUT2D eigenvalue weighted by molar-refractivity contribution is 7.15. The van der Waals surface area contributed by atoms with Crippen LogP contribution in [0.25, 0.3) is 22.3 Å². The molecular weight excluding hydrogens is 439 g/mol. The minimum Gasteiger partial charge on any atom is -0.290 e. The van der Waals surface area contributed by atoms with Gasteiger partial charge < -0.3 is 0 Å². The first-order valence-electron chi connectivity index (χ1n) is 8.04. The van der Waals surface area contributed by atoms with Gasteiger partial charge in [-0.25, -0.2) is 4.52 Å². The fourth-order valence-corrected chi connectivity index (χ4v) is 3.85. The van der Waals surface area contributed by atoms with Crippen LogP contribution in [-0.4, -0.2) is 20.5 Å². The van der Waals surface area contributed by atoms with E-state index in [9.17, 15) is 4.79 Å². The molecule has 9 heteroatoms. The molecule has 0 aliphatic rings. The Morgan fingerprint density at radius 1 is 1.07 bits per heavy atom. The molecule has 0 saturated heterocycles. The molecule has 2 aromatic carbocycles. The highest BCUT2D eigenvalue weighted by Crippen LogP contribution is 2.33. The van der Waals surface area contributed by atoms with E-state index in [-0.39, 0.29) is 11.9 Å². The van der Waals surface area contributed by atoms with Gasteiger partial charge in [-0.1, -0.05) is 46.9 Å². The second kappa shape index (κ2) is 7.93. The minimum atomic E-state index is -0.337. The summed E-state index contributed by atoms with van der Waals surface area (Å²) < 4.78 is 1.63. The molecule has 0 fully saturated rings. The summed E-state index contributed by atoms with van der Waals surface area (Å²) in [7, 11) is 0. The summed E-state index contributed by atoms with van der Waals surface area (Å²) in [5.74, 6) is -0.132. The normalized spacial score (nSPS) is 11.4. The fraction of sp³-hybridized carbons (Fsp3) is 0. The molecule has 0 saturated carbocycles. The van der Waals surface area contributed by atoms with E-state index >= 15 is 0 Å². The average molecular weight is 450 g/mol. The van der Waals surface area contributed by atoms with Gasteiger partial charge in [0.1, 0.15) is 0 Å². The Balaban J connectivity index is 1.55. The van der Waals surface area contributed by atoms with Crippen molar-refractivity contribution in [3.05, 3.63) is 74.6 Å². The molecule has 5 nitrogen and oxygen atoms in total. The molecule has 0 radical (unpaired) electrons. The molecule has 1 N–H and O–H groups in total. The zero-order chi connectivity index (χ0) is 19.7. The second-order valence-corrected chi connectivity index (χ2v) is 7.87. The van der Waals surface area contributed by atoms with Gasteiger partial charge in [-0.05, 0) is 42.0 Å². The summed E-state index contributed by atoms with van der Waals surface area (Å²) >= 11 is 19.6. The zero-order valence-corrected chi connectivity index (χ0v) is 17.1. The number of benzene rings is 2. The number of fused-ring (bicyclic) bond motifs is 1. The van der Waals surface area contributed by atoms with Crippen molar-refractivity contribution in [2.45, 2.75) is 0 Å². The van der Waals surface area contributed by atoms with E-state index in [1.165, 1.54) is 17.4 Å². The van der Waals surface area contributed by atoms with E-state index < -0.39 is 0 Å². The van der Waals surface area contributed by atoms with Crippen molar-refractivity contribution < 1.29 is 4.79 Å². The van der Waals surface area contributed by atoms with Crippen molar-refractivity contribution in [3.63, 3.8) is 0 Å². The Morgan fingerprint density at radius 2 is 1.82 bits per heavy atom. The molecule has 140 valence electrons. The number of rotatable bonds is 4. The molecule has 2 heterocycles. The predicted molar refractivity (Wildman–Crippen MR) is 115 cm³/mol. The molecule has 0 aliphatic carbocycles. The molecule has 0 bridgehead atoms. The molecule has 4 rings (SSSR count). The number of carbonyl (C=O) groups excluding carboxylic acids is 1. The van der Waals surface area contributed by atoms with E-state index in [2.05, 4.69) is 15.4 Å².